The number of rotatable bonds is 1. The number of hydrogen-bond donors (Lipinski definition) is 1. The summed E-state index contributed by atoms with van der Waals surface area (Å²) in [5.74, 6) is 3.92. The lowest BCUT2D eigenvalue weighted by molar-refractivity contribution is -0.119. The third-order valence-electron chi connectivity index (χ3n) is 3.84. The Balaban J connectivity index is 1.77. The lowest BCUT2D eigenvalue weighted by Gasteiger charge is -2.14. The van der Waals surface area contributed by atoms with E-state index in [1.807, 2.05) is 0 Å². The molecule has 0 aromatic heterocycles. The van der Waals surface area contributed by atoms with Gasteiger partial charge in [-0.15, -0.1) is 0 Å². The molecule has 1 amide bonds. The summed E-state index contributed by atoms with van der Waals surface area (Å²) in [4.78, 5) is 10.8. The monoisotopic (exact) mass is 151 g/mol. The molecule has 2 heteroatoms. The van der Waals surface area contributed by atoms with Crippen LogP contribution in [-0.2, 0) is 4.79 Å². The number of carbonyl (C=O) groups excluding carboxylic acids is 1. The molecular weight excluding hydrogens is 138 g/mol. The molecule has 0 spiro atoms. The second-order valence-corrected chi connectivity index (χ2v) is 4.36. The molecule has 0 aliphatic heterocycles. The molecule has 2 nitrogen and oxygen atoms in total. The van der Waals surface area contributed by atoms with Crippen LogP contribution in [0, 0.1) is 23.7 Å². The molecule has 1 N–H and O–H groups in total. The van der Waals surface area contributed by atoms with E-state index in [1.54, 1.807) is 6.92 Å². The van der Waals surface area contributed by atoms with Gasteiger partial charge in [-0.25, -0.2) is 0 Å². The highest BCUT2D eigenvalue weighted by Gasteiger charge is 2.68. The van der Waals surface area contributed by atoms with Crippen LogP contribution in [0.15, 0.2) is 0 Å². The van der Waals surface area contributed by atoms with E-state index in [1.165, 1.54) is 12.8 Å². The zero-order chi connectivity index (χ0) is 7.59. The van der Waals surface area contributed by atoms with E-state index >= 15 is 0 Å². The standard InChI is InChI=1S/C9H13NO/c1-4(11)10-9-5-2-6-7(3-5)8(6)9/h5-9H,2-3H2,1H3,(H,10,11). The lowest BCUT2D eigenvalue weighted by atomic mass is 10.1. The molecule has 3 unspecified atom stereocenters. The molecule has 0 aromatic rings. The summed E-state index contributed by atoms with van der Waals surface area (Å²) in [5.41, 5.74) is 0. The second-order valence-electron chi connectivity index (χ2n) is 4.36. The molecule has 11 heavy (non-hydrogen) atoms. The summed E-state index contributed by atoms with van der Waals surface area (Å²) < 4.78 is 0. The highest BCUT2D eigenvalue weighted by atomic mass is 16.1. The van der Waals surface area contributed by atoms with Gasteiger partial charge in [0.25, 0.3) is 0 Å². The Morgan fingerprint density at radius 1 is 1.36 bits per heavy atom. The molecule has 4 aliphatic rings. The maximum absolute atomic E-state index is 10.8. The molecule has 0 radical (unpaired) electrons. The zero-order valence-electron chi connectivity index (χ0n) is 6.71. The van der Waals surface area contributed by atoms with Crippen molar-refractivity contribution >= 4 is 5.91 Å². The van der Waals surface area contributed by atoms with Gasteiger partial charge in [0.1, 0.15) is 0 Å². The van der Waals surface area contributed by atoms with Crippen LogP contribution >= 0.6 is 0 Å². The highest BCUT2D eigenvalue weighted by molar-refractivity contribution is 5.73. The minimum Gasteiger partial charge on any atom is -0.353 e. The van der Waals surface area contributed by atoms with Crippen molar-refractivity contribution in [3.05, 3.63) is 0 Å². The minimum absolute atomic E-state index is 0.160. The molecule has 60 valence electrons. The largest absolute Gasteiger partial charge is 0.353 e. The van der Waals surface area contributed by atoms with Gasteiger partial charge < -0.3 is 5.32 Å². The average molecular weight is 151 g/mol. The smallest absolute Gasteiger partial charge is 0.217 e. The lowest BCUT2D eigenvalue weighted by Crippen LogP contribution is -2.35. The van der Waals surface area contributed by atoms with Crippen LogP contribution in [0.5, 0.6) is 0 Å². The van der Waals surface area contributed by atoms with Gasteiger partial charge in [-0.05, 0) is 36.5 Å². The van der Waals surface area contributed by atoms with Crippen molar-refractivity contribution in [3.8, 4) is 0 Å². The molecular formula is C9H13NO. The Kier molecular flexibility index (Phi) is 0.890. The first-order valence-electron chi connectivity index (χ1n) is 4.54. The second kappa shape index (κ2) is 1.62. The predicted octanol–water partition coefficient (Wildman–Crippen LogP) is 0.777. The Morgan fingerprint density at radius 2 is 2.00 bits per heavy atom. The van der Waals surface area contributed by atoms with Gasteiger partial charge in [-0.3, -0.25) is 4.79 Å². The first-order chi connectivity index (χ1) is 5.27. The third kappa shape index (κ3) is 0.608. The van der Waals surface area contributed by atoms with Gasteiger partial charge in [-0.2, -0.15) is 0 Å². The summed E-state index contributed by atoms with van der Waals surface area (Å²) in [7, 11) is 0. The van der Waals surface area contributed by atoms with Crippen molar-refractivity contribution in [1.82, 2.24) is 5.32 Å². The van der Waals surface area contributed by atoms with Crippen LogP contribution in [0.3, 0.4) is 0 Å². The number of carbonyl (C=O) groups is 1. The van der Waals surface area contributed by atoms with Crippen LogP contribution < -0.4 is 5.32 Å². The highest BCUT2D eigenvalue weighted by Crippen LogP contribution is 2.70. The van der Waals surface area contributed by atoms with Gasteiger partial charge in [0.15, 0.2) is 0 Å². The molecule has 0 saturated heterocycles. The van der Waals surface area contributed by atoms with Gasteiger partial charge in [0.2, 0.25) is 5.91 Å². The molecule has 4 fully saturated rings. The topological polar surface area (TPSA) is 29.1 Å². The van der Waals surface area contributed by atoms with Gasteiger partial charge in [0.05, 0.1) is 0 Å². The van der Waals surface area contributed by atoms with Crippen LogP contribution in [0.25, 0.3) is 0 Å². The van der Waals surface area contributed by atoms with E-state index in [0.717, 1.165) is 23.7 Å². The van der Waals surface area contributed by atoms with Crippen molar-refractivity contribution in [2.75, 3.05) is 0 Å². The predicted molar refractivity (Wildman–Crippen MR) is 40.8 cm³/mol. The number of nitrogens with one attached hydrogen (secondary N) is 1. The van der Waals surface area contributed by atoms with E-state index < -0.39 is 0 Å². The molecule has 4 rings (SSSR count). The molecule has 4 aliphatic carbocycles. The SMILES string of the molecule is CC(=O)NC1C2CC3C(C2)C31. The Labute approximate surface area is 66.4 Å². The first-order valence-corrected chi connectivity index (χ1v) is 4.54. The first kappa shape index (κ1) is 6.04. The van der Waals surface area contributed by atoms with Crippen LogP contribution in [0.1, 0.15) is 19.8 Å². The van der Waals surface area contributed by atoms with E-state index in [-0.39, 0.29) is 5.91 Å². The van der Waals surface area contributed by atoms with Crippen molar-refractivity contribution in [2.24, 2.45) is 23.7 Å². The van der Waals surface area contributed by atoms with Gasteiger partial charge in [0, 0.05) is 13.0 Å². The fraction of sp³-hybridized carbons (Fsp3) is 0.889. The van der Waals surface area contributed by atoms with Crippen LogP contribution in [0.4, 0.5) is 0 Å². The van der Waals surface area contributed by atoms with Crippen molar-refractivity contribution < 1.29 is 4.79 Å². The minimum atomic E-state index is 0.160. The van der Waals surface area contributed by atoms with E-state index in [9.17, 15) is 4.79 Å². The molecule has 4 bridgehead atoms. The fourth-order valence-electron chi connectivity index (χ4n) is 3.52. The zero-order valence-corrected chi connectivity index (χ0v) is 6.71. The molecule has 0 heterocycles. The summed E-state index contributed by atoms with van der Waals surface area (Å²) in [6, 6.07) is 0.572. The van der Waals surface area contributed by atoms with Crippen molar-refractivity contribution in [1.29, 1.82) is 0 Å². The summed E-state index contributed by atoms with van der Waals surface area (Å²) in [6.45, 7) is 1.63. The quantitative estimate of drug-likeness (QED) is 0.589. The van der Waals surface area contributed by atoms with Crippen molar-refractivity contribution in [3.63, 3.8) is 0 Å². The average Bonchev–Trinajstić information content (AvgIpc) is 2.30. The summed E-state index contributed by atoms with van der Waals surface area (Å²) in [6.07, 6.45) is 2.81. The summed E-state index contributed by atoms with van der Waals surface area (Å²) >= 11 is 0. The van der Waals surface area contributed by atoms with Crippen LogP contribution in [0.2, 0.25) is 0 Å². The number of hydrogen-bond acceptors (Lipinski definition) is 1. The Bertz CT molecular complexity index is 212. The van der Waals surface area contributed by atoms with E-state index in [2.05, 4.69) is 5.32 Å². The third-order valence-corrected chi connectivity index (χ3v) is 3.84. The van der Waals surface area contributed by atoms with E-state index in [0.29, 0.717) is 6.04 Å². The maximum atomic E-state index is 10.8. The van der Waals surface area contributed by atoms with E-state index in [4.69, 9.17) is 0 Å². The normalized spacial score (nSPS) is 56.3. The fourth-order valence-corrected chi connectivity index (χ4v) is 3.52. The Morgan fingerprint density at radius 3 is 2.36 bits per heavy atom. The van der Waals surface area contributed by atoms with Gasteiger partial charge >= 0.3 is 0 Å². The summed E-state index contributed by atoms with van der Waals surface area (Å²) in [5, 5.41) is 3.09. The number of amides is 1. The Hall–Kier alpha value is -0.530. The molecule has 3 atom stereocenters. The van der Waals surface area contributed by atoms with Gasteiger partial charge in [-0.1, -0.05) is 0 Å². The van der Waals surface area contributed by atoms with Crippen molar-refractivity contribution in [2.45, 2.75) is 25.8 Å². The van der Waals surface area contributed by atoms with Crippen LogP contribution in [-0.4, -0.2) is 11.9 Å². The molecule has 4 saturated carbocycles. The molecule has 0 aromatic carbocycles. The maximum Gasteiger partial charge on any atom is 0.217 e.